The number of nitrogens with zero attached hydrogens (tertiary/aromatic N) is 2. The van der Waals surface area contributed by atoms with Crippen LogP contribution in [0.1, 0.15) is 23.6 Å². The van der Waals surface area contributed by atoms with Crippen molar-refractivity contribution in [2.45, 2.75) is 18.9 Å². The Kier molecular flexibility index (Phi) is 5.03. The van der Waals surface area contributed by atoms with Gasteiger partial charge in [0.15, 0.2) is 5.13 Å². The number of aromatic nitrogens is 1. The van der Waals surface area contributed by atoms with Crippen LogP contribution >= 0.6 is 22.9 Å². The molecule has 1 aromatic heterocycles. The predicted octanol–water partition coefficient (Wildman–Crippen LogP) is 3.37. The van der Waals surface area contributed by atoms with Crippen LogP contribution in [0.15, 0.2) is 29.6 Å². The topological polar surface area (TPSA) is 54.5 Å². The molecule has 2 atom stereocenters. The van der Waals surface area contributed by atoms with Gasteiger partial charge in [-0.15, -0.1) is 11.3 Å². The van der Waals surface area contributed by atoms with Gasteiger partial charge in [-0.2, -0.15) is 0 Å². The molecule has 2 unspecified atom stereocenters. The lowest BCUT2D eigenvalue weighted by atomic mass is 10.1. The minimum absolute atomic E-state index is 0.0186. The number of benzene rings is 1. The molecule has 5 nitrogen and oxygen atoms in total. The van der Waals surface area contributed by atoms with Crippen LogP contribution in [0.4, 0.5) is 5.13 Å². The molecular formula is C18H20ClN3O2S. The maximum Gasteiger partial charge on any atom is 0.229 e. The van der Waals surface area contributed by atoms with Gasteiger partial charge in [-0.25, -0.2) is 4.98 Å². The summed E-state index contributed by atoms with van der Waals surface area (Å²) < 4.78 is 5.36. The molecule has 1 N–H and O–H groups in total. The first-order valence-corrected chi connectivity index (χ1v) is 9.75. The third kappa shape index (κ3) is 4.20. The molecule has 2 aliphatic rings. The number of carbonyl (C=O) groups is 1. The second-order valence-corrected chi connectivity index (χ2v) is 7.82. The molecule has 1 aliphatic heterocycles. The molecule has 0 bridgehead atoms. The first-order valence-electron chi connectivity index (χ1n) is 8.50. The number of carbonyl (C=O) groups excluding carboxylic acids is 1. The van der Waals surface area contributed by atoms with Crippen molar-refractivity contribution in [1.29, 1.82) is 0 Å². The maximum atomic E-state index is 12.4. The highest BCUT2D eigenvalue weighted by atomic mass is 35.5. The van der Waals surface area contributed by atoms with Crippen LogP contribution in [0.5, 0.6) is 0 Å². The maximum absolute atomic E-state index is 12.4. The van der Waals surface area contributed by atoms with E-state index < -0.39 is 0 Å². The number of rotatable bonds is 5. The van der Waals surface area contributed by atoms with Crippen molar-refractivity contribution in [1.82, 2.24) is 9.88 Å². The highest BCUT2D eigenvalue weighted by Crippen LogP contribution is 2.48. The molecule has 0 spiro atoms. The third-order valence-electron chi connectivity index (χ3n) is 4.68. The van der Waals surface area contributed by atoms with Gasteiger partial charge in [0.25, 0.3) is 0 Å². The Balaban J connectivity index is 1.31. The van der Waals surface area contributed by atoms with Crippen molar-refractivity contribution in [3.05, 3.63) is 45.9 Å². The van der Waals surface area contributed by atoms with Crippen molar-refractivity contribution in [3.63, 3.8) is 0 Å². The fraction of sp³-hybridized carbons (Fsp3) is 0.444. The third-order valence-corrected chi connectivity index (χ3v) is 5.72. The fourth-order valence-corrected chi connectivity index (χ4v) is 4.12. The van der Waals surface area contributed by atoms with Gasteiger partial charge in [0, 0.05) is 36.0 Å². The van der Waals surface area contributed by atoms with Crippen LogP contribution in [0.25, 0.3) is 0 Å². The van der Waals surface area contributed by atoms with E-state index in [9.17, 15) is 4.79 Å². The Labute approximate surface area is 156 Å². The van der Waals surface area contributed by atoms with E-state index in [1.165, 1.54) is 11.3 Å². The molecular weight excluding hydrogens is 358 g/mol. The van der Waals surface area contributed by atoms with Gasteiger partial charge in [0.1, 0.15) is 0 Å². The minimum Gasteiger partial charge on any atom is -0.379 e. The monoisotopic (exact) mass is 377 g/mol. The van der Waals surface area contributed by atoms with Gasteiger partial charge in [0.2, 0.25) is 5.91 Å². The zero-order chi connectivity index (χ0) is 17.2. The zero-order valence-electron chi connectivity index (χ0n) is 13.8. The smallest absolute Gasteiger partial charge is 0.229 e. The first-order chi connectivity index (χ1) is 12.2. The Morgan fingerprint density at radius 2 is 2.24 bits per heavy atom. The van der Waals surface area contributed by atoms with Gasteiger partial charge in [0.05, 0.1) is 18.9 Å². The lowest BCUT2D eigenvalue weighted by molar-refractivity contribution is -0.117. The largest absolute Gasteiger partial charge is 0.379 e. The normalized spacial score (nSPS) is 23.4. The minimum atomic E-state index is 0.0186. The molecule has 0 radical (unpaired) electrons. The fourth-order valence-electron chi connectivity index (χ4n) is 3.21. The molecule has 4 rings (SSSR count). The Hall–Kier alpha value is -1.47. The van der Waals surface area contributed by atoms with Crippen LogP contribution in [0, 0.1) is 5.92 Å². The molecule has 2 aromatic rings. The summed E-state index contributed by atoms with van der Waals surface area (Å²) in [6.45, 7) is 4.23. The standard InChI is InChI=1S/C18H20ClN3O2S/c19-13-3-1-2-12(8-13)15-9-16(15)17(23)21-18-20-14(11-25-18)10-22-4-6-24-7-5-22/h1-3,8,11,15-16H,4-7,9-10H2,(H,20,21,23). The second-order valence-electron chi connectivity index (χ2n) is 6.53. The second kappa shape index (κ2) is 7.41. The Bertz CT molecular complexity index is 760. The number of hydrogen-bond acceptors (Lipinski definition) is 5. The molecule has 25 heavy (non-hydrogen) atoms. The quantitative estimate of drug-likeness (QED) is 0.867. The molecule has 132 valence electrons. The number of morpholine rings is 1. The summed E-state index contributed by atoms with van der Waals surface area (Å²) in [6, 6.07) is 7.77. The zero-order valence-corrected chi connectivity index (χ0v) is 15.4. The van der Waals surface area contributed by atoms with Crippen molar-refractivity contribution in [3.8, 4) is 0 Å². The van der Waals surface area contributed by atoms with Crippen LogP contribution < -0.4 is 5.32 Å². The van der Waals surface area contributed by atoms with Crippen molar-refractivity contribution >= 4 is 34.0 Å². The van der Waals surface area contributed by atoms with E-state index in [4.69, 9.17) is 16.3 Å². The SMILES string of the molecule is O=C(Nc1nc(CN2CCOCC2)cs1)C1CC1c1cccc(Cl)c1. The van der Waals surface area contributed by atoms with E-state index in [2.05, 4.69) is 15.2 Å². The van der Waals surface area contributed by atoms with E-state index in [1.807, 2.05) is 29.6 Å². The molecule has 2 heterocycles. The van der Waals surface area contributed by atoms with Crippen molar-refractivity contribution in [2.75, 3.05) is 31.6 Å². The summed E-state index contributed by atoms with van der Waals surface area (Å²) in [4.78, 5) is 19.3. The van der Waals surface area contributed by atoms with E-state index in [-0.39, 0.29) is 17.7 Å². The molecule has 1 aliphatic carbocycles. The summed E-state index contributed by atoms with van der Waals surface area (Å²) in [7, 11) is 0. The number of hydrogen-bond donors (Lipinski definition) is 1. The molecule has 7 heteroatoms. The van der Waals surface area contributed by atoms with Gasteiger partial charge in [-0.3, -0.25) is 9.69 Å². The first kappa shape index (κ1) is 17.0. The average Bonchev–Trinajstić information content (AvgIpc) is 3.31. The summed E-state index contributed by atoms with van der Waals surface area (Å²) >= 11 is 7.52. The summed E-state index contributed by atoms with van der Waals surface area (Å²) in [5, 5.41) is 6.39. The van der Waals surface area contributed by atoms with Gasteiger partial charge in [-0.05, 0) is 30.0 Å². The van der Waals surface area contributed by atoms with Crippen molar-refractivity contribution in [2.24, 2.45) is 5.92 Å². The number of nitrogens with one attached hydrogen (secondary N) is 1. The summed E-state index contributed by atoms with van der Waals surface area (Å²) in [5.41, 5.74) is 2.14. The predicted molar refractivity (Wildman–Crippen MR) is 99.1 cm³/mol. The lowest BCUT2D eigenvalue weighted by Crippen LogP contribution is -2.35. The van der Waals surface area contributed by atoms with Crippen molar-refractivity contribution < 1.29 is 9.53 Å². The van der Waals surface area contributed by atoms with Crippen LogP contribution in [-0.4, -0.2) is 42.1 Å². The number of halogens is 1. The van der Waals surface area contributed by atoms with Crippen LogP contribution in [0.2, 0.25) is 5.02 Å². The summed E-state index contributed by atoms with van der Waals surface area (Å²) in [5.74, 6) is 0.341. The van der Waals surface area contributed by atoms with Crippen LogP contribution in [0.3, 0.4) is 0 Å². The Morgan fingerprint density at radius 1 is 1.40 bits per heavy atom. The van der Waals surface area contributed by atoms with Gasteiger partial charge < -0.3 is 10.1 Å². The molecule has 1 aromatic carbocycles. The van der Waals surface area contributed by atoms with E-state index in [0.717, 1.165) is 55.5 Å². The summed E-state index contributed by atoms with van der Waals surface area (Å²) in [6.07, 6.45) is 0.873. The average molecular weight is 378 g/mol. The van der Waals surface area contributed by atoms with E-state index in [1.54, 1.807) is 0 Å². The highest BCUT2D eigenvalue weighted by molar-refractivity contribution is 7.13. The molecule has 1 saturated heterocycles. The van der Waals surface area contributed by atoms with Gasteiger partial charge >= 0.3 is 0 Å². The number of thiazole rings is 1. The van der Waals surface area contributed by atoms with E-state index in [0.29, 0.717) is 5.13 Å². The molecule has 2 fully saturated rings. The van der Waals surface area contributed by atoms with Gasteiger partial charge in [-0.1, -0.05) is 23.7 Å². The number of ether oxygens (including phenoxy) is 1. The van der Waals surface area contributed by atoms with Crippen LogP contribution in [-0.2, 0) is 16.1 Å². The highest BCUT2D eigenvalue weighted by Gasteiger charge is 2.44. The lowest BCUT2D eigenvalue weighted by Gasteiger charge is -2.25. The molecule has 1 amide bonds. The number of anilines is 1. The Morgan fingerprint density at radius 3 is 3.04 bits per heavy atom. The molecule has 1 saturated carbocycles. The van der Waals surface area contributed by atoms with E-state index >= 15 is 0 Å². The number of amides is 1.